The maximum Gasteiger partial charge on any atom is 0.239 e. The minimum absolute atomic E-state index is 0. The van der Waals surface area contributed by atoms with E-state index in [2.05, 4.69) is 0 Å². The van der Waals surface area contributed by atoms with Crippen LogP contribution in [0.25, 0.3) is 0 Å². The summed E-state index contributed by atoms with van der Waals surface area (Å²) < 4.78 is 0. The fourth-order valence-electron chi connectivity index (χ4n) is 2.86. The van der Waals surface area contributed by atoms with Crippen LogP contribution in [0.15, 0.2) is 0 Å². The van der Waals surface area contributed by atoms with E-state index in [0.29, 0.717) is 6.54 Å². The van der Waals surface area contributed by atoms with Crippen LogP contribution in [-0.2, 0) is 9.59 Å². The van der Waals surface area contributed by atoms with Gasteiger partial charge in [0.2, 0.25) is 11.8 Å². The van der Waals surface area contributed by atoms with Crippen LogP contribution < -0.4 is 5.73 Å². The van der Waals surface area contributed by atoms with Crippen molar-refractivity contribution in [3.05, 3.63) is 0 Å². The molecular formula is C13H24ClN3O2. The van der Waals surface area contributed by atoms with Crippen molar-refractivity contribution in [3.8, 4) is 0 Å². The maximum absolute atomic E-state index is 12.3. The first-order chi connectivity index (χ1) is 8.59. The van der Waals surface area contributed by atoms with Crippen LogP contribution in [0.1, 0.15) is 32.6 Å². The number of piperidine rings is 1. The smallest absolute Gasteiger partial charge is 0.239 e. The van der Waals surface area contributed by atoms with Crippen LogP contribution in [0.2, 0.25) is 0 Å². The molecule has 2 rings (SSSR count). The zero-order valence-corrected chi connectivity index (χ0v) is 12.3. The Labute approximate surface area is 120 Å². The Kier molecular flexibility index (Phi) is 6.07. The molecule has 2 saturated heterocycles. The molecule has 0 spiro atoms. The lowest BCUT2D eigenvalue weighted by molar-refractivity contribution is -0.140. The third kappa shape index (κ3) is 3.83. The molecule has 2 aliphatic rings. The highest BCUT2D eigenvalue weighted by Crippen LogP contribution is 2.21. The van der Waals surface area contributed by atoms with Crippen LogP contribution in [0.4, 0.5) is 0 Å². The highest BCUT2D eigenvalue weighted by atomic mass is 35.5. The zero-order valence-electron chi connectivity index (χ0n) is 11.5. The van der Waals surface area contributed by atoms with Crippen molar-refractivity contribution in [2.24, 2.45) is 11.7 Å². The second-order valence-corrected chi connectivity index (χ2v) is 5.44. The predicted molar refractivity (Wildman–Crippen MR) is 76.0 cm³/mol. The van der Waals surface area contributed by atoms with Gasteiger partial charge in [-0.2, -0.15) is 0 Å². The number of rotatable bonds is 2. The molecule has 5 nitrogen and oxygen atoms in total. The van der Waals surface area contributed by atoms with Gasteiger partial charge in [0.25, 0.3) is 0 Å². The summed E-state index contributed by atoms with van der Waals surface area (Å²) in [5.41, 5.74) is 5.62. The average Bonchev–Trinajstić information content (AvgIpc) is 2.91. The monoisotopic (exact) mass is 289 g/mol. The minimum atomic E-state index is -0.467. The van der Waals surface area contributed by atoms with Gasteiger partial charge in [0.05, 0.1) is 12.0 Å². The Hall–Kier alpha value is -0.810. The molecule has 2 aliphatic heterocycles. The molecule has 2 amide bonds. The van der Waals surface area contributed by atoms with E-state index in [9.17, 15) is 9.59 Å². The molecule has 0 aliphatic carbocycles. The van der Waals surface area contributed by atoms with Gasteiger partial charge in [-0.1, -0.05) is 0 Å². The Balaban J connectivity index is 0.00000180. The molecule has 2 fully saturated rings. The molecule has 1 unspecified atom stereocenters. The summed E-state index contributed by atoms with van der Waals surface area (Å²) in [5.74, 6) is 0.183. The normalized spacial score (nSPS) is 24.8. The minimum Gasteiger partial charge on any atom is -0.342 e. The van der Waals surface area contributed by atoms with Crippen LogP contribution in [-0.4, -0.2) is 53.8 Å². The van der Waals surface area contributed by atoms with E-state index in [4.69, 9.17) is 5.73 Å². The molecule has 0 saturated carbocycles. The number of likely N-dealkylation sites (tertiary alicyclic amines) is 2. The first-order valence-corrected chi connectivity index (χ1v) is 6.92. The Bertz CT molecular complexity index is 330. The third-order valence-electron chi connectivity index (χ3n) is 3.89. The number of hydrogen-bond acceptors (Lipinski definition) is 3. The van der Waals surface area contributed by atoms with Crippen LogP contribution >= 0.6 is 12.4 Å². The highest BCUT2D eigenvalue weighted by Gasteiger charge is 2.32. The van der Waals surface area contributed by atoms with Crippen molar-refractivity contribution < 1.29 is 9.59 Å². The second-order valence-electron chi connectivity index (χ2n) is 5.44. The molecule has 110 valence electrons. The first-order valence-electron chi connectivity index (χ1n) is 6.92. The van der Waals surface area contributed by atoms with Gasteiger partial charge in [-0.25, -0.2) is 0 Å². The summed E-state index contributed by atoms with van der Waals surface area (Å²) in [6.45, 7) is 4.77. The van der Waals surface area contributed by atoms with Crippen molar-refractivity contribution in [1.29, 1.82) is 0 Å². The number of nitrogens with two attached hydrogens (primary N) is 1. The molecule has 2 atom stereocenters. The van der Waals surface area contributed by atoms with E-state index in [1.165, 1.54) is 0 Å². The van der Waals surface area contributed by atoms with Gasteiger partial charge >= 0.3 is 0 Å². The largest absolute Gasteiger partial charge is 0.342 e. The fourth-order valence-corrected chi connectivity index (χ4v) is 2.86. The summed E-state index contributed by atoms with van der Waals surface area (Å²) in [5, 5.41) is 0. The number of amides is 2. The van der Waals surface area contributed by atoms with Crippen molar-refractivity contribution >= 4 is 24.2 Å². The standard InChI is InChI=1S/C13H23N3O2.ClH/c1-10(14)12(17)16-8-4-5-11(9-16)13(18)15-6-2-3-7-15;/h10-11H,2-9,14H2,1H3;1H/t10-,11?;/m1./s1. The predicted octanol–water partition coefficient (Wildman–Crippen LogP) is 0.616. The summed E-state index contributed by atoms with van der Waals surface area (Å²) in [6, 6.07) is -0.467. The van der Waals surface area contributed by atoms with Gasteiger partial charge in [0, 0.05) is 26.2 Å². The van der Waals surface area contributed by atoms with Gasteiger partial charge in [-0.3, -0.25) is 9.59 Å². The molecule has 0 aromatic carbocycles. The maximum atomic E-state index is 12.3. The molecule has 0 bridgehead atoms. The number of halogens is 1. The number of carbonyl (C=O) groups excluding carboxylic acids is 2. The zero-order chi connectivity index (χ0) is 13.1. The molecular weight excluding hydrogens is 266 g/mol. The molecule has 6 heteroatoms. The topological polar surface area (TPSA) is 66.6 Å². The Morgan fingerprint density at radius 3 is 2.26 bits per heavy atom. The average molecular weight is 290 g/mol. The van der Waals surface area contributed by atoms with Crippen LogP contribution in [0, 0.1) is 5.92 Å². The van der Waals surface area contributed by atoms with Crippen LogP contribution in [0.5, 0.6) is 0 Å². The lowest BCUT2D eigenvalue weighted by Crippen LogP contribution is -2.50. The number of hydrogen-bond donors (Lipinski definition) is 1. The van der Waals surface area contributed by atoms with E-state index in [1.807, 2.05) is 4.90 Å². The Morgan fingerprint density at radius 1 is 1.11 bits per heavy atom. The van der Waals surface area contributed by atoms with Crippen molar-refractivity contribution in [1.82, 2.24) is 9.80 Å². The van der Waals surface area contributed by atoms with Crippen molar-refractivity contribution in [3.63, 3.8) is 0 Å². The first kappa shape index (κ1) is 16.2. The summed E-state index contributed by atoms with van der Waals surface area (Å²) in [7, 11) is 0. The molecule has 19 heavy (non-hydrogen) atoms. The summed E-state index contributed by atoms with van der Waals surface area (Å²) in [6.07, 6.45) is 4.03. The van der Waals surface area contributed by atoms with Crippen molar-refractivity contribution in [2.45, 2.75) is 38.6 Å². The summed E-state index contributed by atoms with van der Waals surface area (Å²) >= 11 is 0. The van der Waals surface area contributed by atoms with Crippen LogP contribution in [0.3, 0.4) is 0 Å². The van der Waals surface area contributed by atoms with E-state index in [0.717, 1.165) is 45.3 Å². The lowest BCUT2D eigenvalue weighted by atomic mass is 9.96. The highest BCUT2D eigenvalue weighted by molar-refractivity contribution is 5.85. The van der Waals surface area contributed by atoms with E-state index < -0.39 is 6.04 Å². The van der Waals surface area contributed by atoms with E-state index >= 15 is 0 Å². The quantitative estimate of drug-likeness (QED) is 0.810. The van der Waals surface area contributed by atoms with Gasteiger partial charge in [-0.05, 0) is 32.6 Å². The lowest BCUT2D eigenvalue weighted by Gasteiger charge is -2.34. The molecule has 2 heterocycles. The van der Waals surface area contributed by atoms with Gasteiger partial charge in [0.15, 0.2) is 0 Å². The number of carbonyl (C=O) groups is 2. The van der Waals surface area contributed by atoms with E-state index in [-0.39, 0.29) is 30.1 Å². The SMILES string of the molecule is C[C@@H](N)C(=O)N1CCCC(C(=O)N2CCCC2)C1.Cl. The fraction of sp³-hybridized carbons (Fsp3) is 0.846. The molecule has 0 radical (unpaired) electrons. The molecule has 0 aromatic heterocycles. The van der Waals surface area contributed by atoms with Gasteiger partial charge < -0.3 is 15.5 Å². The molecule has 0 aromatic rings. The van der Waals surface area contributed by atoms with E-state index in [1.54, 1.807) is 11.8 Å². The Morgan fingerprint density at radius 2 is 1.68 bits per heavy atom. The number of nitrogens with zero attached hydrogens (tertiary/aromatic N) is 2. The second kappa shape index (κ2) is 7.10. The third-order valence-corrected chi connectivity index (χ3v) is 3.89. The van der Waals surface area contributed by atoms with Crippen molar-refractivity contribution in [2.75, 3.05) is 26.2 Å². The molecule has 2 N–H and O–H groups in total. The summed E-state index contributed by atoms with van der Waals surface area (Å²) in [4.78, 5) is 27.9. The van der Waals surface area contributed by atoms with Gasteiger partial charge in [-0.15, -0.1) is 12.4 Å². The van der Waals surface area contributed by atoms with Gasteiger partial charge in [0.1, 0.15) is 0 Å².